The summed E-state index contributed by atoms with van der Waals surface area (Å²) < 4.78 is 30.2. The fourth-order valence-corrected chi connectivity index (χ4v) is 4.55. The van der Waals surface area contributed by atoms with E-state index in [2.05, 4.69) is 10.2 Å². The van der Waals surface area contributed by atoms with Crippen molar-refractivity contribution in [2.45, 2.75) is 44.2 Å². The number of carboxylic acid groups (broad SMARTS) is 1. The van der Waals surface area contributed by atoms with E-state index in [-0.39, 0.29) is 30.5 Å². The van der Waals surface area contributed by atoms with E-state index >= 15 is 0 Å². The van der Waals surface area contributed by atoms with Crippen LogP contribution in [0, 0.1) is 5.82 Å². The normalized spacial score (nSPS) is 21.4. The van der Waals surface area contributed by atoms with Crippen molar-refractivity contribution in [1.82, 2.24) is 19.7 Å². The van der Waals surface area contributed by atoms with Gasteiger partial charge in [-0.05, 0) is 55.0 Å². The Kier molecular flexibility index (Phi) is 3.96. The molecule has 5 rings (SSSR count). The molecule has 1 aliphatic carbocycles. The summed E-state index contributed by atoms with van der Waals surface area (Å²) in [6.07, 6.45) is 1.50. The number of hydrogen-bond acceptors (Lipinski definition) is 3. The number of nitrogens with zero attached hydrogens (tertiary/aromatic N) is 3. The molecule has 1 aliphatic rings. The molecule has 30 heavy (non-hydrogen) atoms. The third-order valence-corrected chi connectivity index (χ3v) is 5.98. The predicted octanol–water partition coefficient (Wildman–Crippen LogP) is 4.83. The van der Waals surface area contributed by atoms with Crippen molar-refractivity contribution in [1.29, 1.82) is 0 Å². The summed E-state index contributed by atoms with van der Waals surface area (Å²) in [7, 11) is 0. The van der Waals surface area contributed by atoms with Gasteiger partial charge in [-0.1, -0.05) is 13.8 Å². The van der Waals surface area contributed by atoms with E-state index in [4.69, 9.17) is 4.98 Å². The van der Waals surface area contributed by atoms with Crippen LogP contribution in [-0.2, 0) is 4.79 Å². The molecule has 0 unspecified atom stereocenters. The molecular formula is C22H20F2N4O2. The second-order valence-electron chi connectivity index (χ2n) is 8.31. The lowest BCUT2D eigenvalue weighted by Crippen LogP contribution is -2.45. The fraction of sp³-hybridized carbons (Fsp3) is 0.318. The van der Waals surface area contributed by atoms with Crippen molar-refractivity contribution < 1.29 is 18.7 Å². The molecule has 0 radical (unpaired) electrons. The molecular weight excluding hydrogens is 390 g/mol. The van der Waals surface area contributed by atoms with E-state index in [1.165, 1.54) is 12.1 Å². The Morgan fingerprint density at radius 1 is 1.30 bits per heavy atom. The number of carboxylic acids is 1. The molecule has 1 saturated carbocycles. The zero-order chi connectivity index (χ0) is 21.2. The Morgan fingerprint density at radius 3 is 2.63 bits per heavy atom. The van der Waals surface area contributed by atoms with Gasteiger partial charge in [-0.25, -0.2) is 18.6 Å². The summed E-state index contributed by atoms with van der Waals surface area (Å²) in [5.41, 5.74) is 2.46. The summed E-state index contributed by atoms with van der Waals surface area (Å²) in [6, 6.07) is 8.14. The Labute approximate surface area is 170 Å². The molecule has 6 nitrogen and oxygen atoms in total. The summed E-state index contributed by atoms with van der Waals surface area (Å²) >= 11 is 0. The van der Waals surface area contributed by atoms with Gasteiger partial charge < -0.3 is 9.67 Å². The van der Waals surface area contributed by atoms with Gasteiger partial charge in [0, 0.05) is 22.3 Å². The number of pyridine rings is 1. The molecule has 3 aromatic heterocycles. The van der Waals surface area contributed by atoms with Crippen LogP contribution >= 0.6 is 0 Å². The molecule has 2 N–H and O–H groups in total. The predicted molar refractivity (Wildman–Crippen MR) is 108 cm³/mol. The standard InChI is InChI=1S/C22H20F2N4O2/c1-11(2)19-17(13-8-22(24,9-13)21(29)30)18-16(7-12-10-25-27-20(12)26-18)28(19)15-5-3-14(23)4-6-15/h3-7,10-11,13H,8-9H2,1-2H3,(H,29,30)(H,25,26,27)/t13-,22+. The summed E-state index contributed by atoms with van der Waals surface area (Å²) in [5, 5.41) is 17.0. The van der Waals surface area contributed by atoms with Crippen molar-refractivity contribution in [3.8, 4) is 5.69 Å². The van der Waals surface area contributed by atoms with Crippen molar-refractivity contribution in [3.05, 3.63) is 53.6 Å². The Balaban J connectivity index is 1.81. The number of aromatic amines is 1. The number of H-pyrrole nitrogens is 1. The number of aliphatic carboxylic acids is 1. The highest BCUT2D eigenvalue weighted by Gasteiger charge is 2.53. The van der Waals surface area contributed by atoms with E-state index in [0.29, 0.717) is 11.2 Å². The van der Waals surface area contributed by atoms with E-state index in [1.54, 1.807) is 18.3 Å². The maximum atomic E-state index is 14.6. The van der Waals surface area contributed by atoms with E-state index in [1.807, 2.05) is 24.5 Å². The van der Waals surface area contributed by atoms with E-state index in [0.717, 1.165) is 27.8 Å². The molecule has 0 saturated heterocycles. The summed E-state index contributed by atoms with van der Waals surface area (Å²) in [5.74, 6) is -1.97. The van der Waals surface area contributed by atoms with Gasteiger partial charge in [0.15, 0.2) is 5.65 Å². The van der Waals surface area contributed by atoms with Gasteiger partial charge >= 0.3 is 5.97 Å². The van der Waals surface area contributed by atoms with Gasteiger partial charge in [0.25, 0.3) is 0 Å². The Hall–Kier alpha value is -3.29. The van der Waals surface area contributed by atoms with Gasteiger partial charge in [-0.15, -0.1) is 0 Å². The molecule has 154 valence electrons. The maximum Gasteiger partial charge on any atom is 0.341 e. The van der Waals surface area contributed by atoms with Crippen molar-refractivity contribution in [2.24, 2.45) is 0 Å². The minimum absolute atomic E-state index is 0.0511. The highest BCUT2D eigenvalue weighted by atomic mass is 19.1. The second kappa shape index (κ2) is 6.35. The molecule has 0 atom stereocenters. The van der Waals surface area contributed by atoms with Gasteiger partial charge in [0.05, 0.1) is 17.2 Å². The number of benzene rings is 1. The van der Waals surface area contributed by atoms with Crippen LogP contribution < -0.4 is 0 Å². The molecule has 4 aromatic rings. The van der Waals surface area contributed by atoms with E-state index in [9.17, 15) is 18.7 Å². The van der Waals surface area contributed by atoms with Crippen LogP contribution in [0.1, 0.15) is 49.8 Å². The second-order valence-corrected chi connectivity index (χ2v) is 8.31. The smallest absolute Gasteiger partial charge is 0.341 e. The van der Waals surface area contributed by atoms with Crippen LogP contribution in [0.4, 0.5) is 8.78 Å². The number of nitrogens with one attached hydrogen (secondary N) is 1. The van der Waals surface area contributed by atoms with Crippen molar-refractivity contribution >= 4 is 28.0 Å². The summed E-state index contributed by atoms with van der Waals surface area (Å²) in [6.45, 7) is 4.06. The van der Waals surface area contributed by atoms with Crippen LogP contribution in [0.5, 0.6) is 0 Å². The van der Waals surface area contributed by atoms with Gasteiger partial charge in [-0.2, -0.15) is 5.10 Å². The van der Waals surface area contributed by atoms with E-state index < -0.39 is 11.6 Å². The number of fused-ring (bicyclic) bond motifs is 2. The Morgan fingerprint density at radius 2 is 2.00 bits per heavy atom. The molecule has 0 bridgehead atoms. The average molecular weight is 410 g/mol. The lowest BCUT2D eigenvalue weighted by Gasteiger charge is -2.38. The quantitative estimate of drug-likeness (QED) is 0.505. The minimum Gasteiger partial charge on any atom is -0.479 e. The zero-order valence-electron chi connectivity index (χ0n) is 16.5. The largest absolute Gasteiger partial charge is 0.479 e. The number of hydrogen-bond donors (Lipinski definition) is 2. The first kappa shape index (κ1) is 18.7. The minimum atomic E-state index is -2.21. The molecule has 0 aliphatic heterocycles. The number of aromatic nitrogens is 4. The van der Waals surface area contributed by atoms with Crippen molar-refractivity contribution in [2.75, 3.05) is 0 Å². The number of halogens is 2. The number of alkyl halides is 1. The first-order valence-corrected chi connectivity index (χ1v) is 9.85. The molecule has 0 amide bonds. The highest BCUT2D eigenvalue weighted by Crippen LogP contribution is 2.52. The third-order valence-electron chi connectivity index (χ3n) is 5.98. The number of rotatable bonds is 4. The molecule has 0 spiro atoms. The van der Waals surface area contributed by atoms with Crippen LogP contribution in [0.25, 0.3) is 27.8 Å². The topological polar surface area (TPSA) is 83.8 Å². The monoisotopic (exact) mass is 410 g/mol. The van der Waals surface area contributed by atoms with Gasteiger partial charge in [-0.3, -0.25) is 5.10 Å². The molecule has 8 heteroatoms. The third kappa shape index (κ3) is 2.63. The lowest BCUT2D eigenvalue weighted by molar-refractivity contribution is -0.158. The highest BCUT2D eigenvalue weighted by molar-refractivity contribution is 5.94. The molecule has 3 heterocycles. The number of carbonyl (C=O) groups is 1. The fourth-order valence-electron chi connectivity index (χ4n) is 4.55. The van der Waals surface area contributed by atoms with Crippen LogP contribution in [-0.4, -0.2) is 36.5 Å². The van der Waals surface area contributed by atoms with Crippen LogP contribution in [0.2, 0.25) is 0 Å². The first-order chi connectivity index (χ1) is 14.3. The average Bonchev–Trinajstić information content (AvgIpc) is 3.26. The van der Waals surface area contributed by atoms with Crippen molar-refractivity contribution in [3.63, 3.8) is 0 Å². The first-order valence-electron chi connectivity index (χ1n) is 9.85. The SMILES string of the molecule is CC(C)c1c([C@H]2C[C@](F)(C(=O)O)C2)c2nc3[nH]ncc3cc2n1-c1ccc(F)cc1. The molecule has 1 aromatic carbocycles. The Bertz CT molecular complexity index is 1280. The van der Waals surface area contributed by atoms with Gasteiger partial charge in [0.1, 0.15) is 5.82 Å². The zero-order valence-corrected chi connectivity index (χ0v) is 16.5. The lowest BCUT2D eigenvalue weighted by atomic mass is 9.68. The van der Waals surface area contributed by atoms with Gasteiger partial charge in [0.2, 0.25) is 5.67 Å². The van der Waals surface area contributed by atoms with Crippen LogP contribution in [0.15, 0.2) is 36.5 Å². The summed E-state index contributed by atoms with van der Waals surface area (Å²) in [4.78, 5) is 16.1. The molecule has 1 fully saturated rings. The van der Waals surface area contributed by atoms with Crippen LogP contribution in [0.3, 0.4) is 0 Å². The maximum absolute atomic E-state index is 14.6.